The molecule has 0 spiro atoms. The molecule has 1 aliphatic rings. The largest absolute Gasteiger partial charge is 0.493 e. The molecular formula is C32H47NO6. The van der Waals surface area contributed by atoms with E-state index >= 15 is 0 Å². The number of ether oxygens (including phenoxy) is 5. The zero-order chi connectivity index (χ0) is 28.6. The molecule has 0 N–H and O–H groups in total. The van der Waals surface area contributed by atoms with Crippen LogP contribution in [0.2, 0.25) is 0 Å². The number of methoxy groups -OCH3 is 4. The Morgan fingerprint density at radius 2 is 1.56 bits per heavy atom. The van der Waals surface area contributed by atoms with E-state index in [1.165, 1.54) is 23.6 Å². The van der Waals surface area contributed by atoms with Gasteiger partial charge in [-0.1, -0.05) is 19.9 Å². The predicted octanol–water partition coefficient (Wildman–Crippen LogP) is 6.05. The summed E-state index contributed by atoms with van der Waals surface area (Å²) in [7, 11) is 8.81. The maximum Gasteiger partial charge on any atom is 0.303 e. The van der Waals surface area contributed by atoms with Crippen molar-refractivity contribution >= 4 is 5.97 Å². The van der Waals surface area contributed by atoms with Crippen LogP contribution in [0.15, 0.2) is 30.3 Å². The predicted molar refractivity (Wildman–Crippen MR) is 155 cm³/mol. The van der Waals surface area contributed by atoms with Crippen molar-refractivity contribution in [2.75, 3.05) is 48.6 Å². The van der Waals surface area contributed by atoms with E-state index in [9.17, 15) is 4.79 Å². The van der Waals surface area contributed by atoms with Crippen LogP contribution in [-0.4, -0.2) is 65.0 Å². The van der Waals surface area contributed by atoms with Gasteiger partial charge < -0.3 is 28.6 Å². The number of benzene rings is 2. The Balaban J connectivity index is 1.67. The molecule has 7 heteroatoms. The third kappa shape index (κ3) is 7.38. The highest BCUT2D eigenvalue weighted by Gasteiger charge is 2.47. The van der Waals surface area contributed by atoms with Crippen LogP contribution >= 0.6 is 0 Å². The minimum absolute atomic E-state index is 0.0726. The second-order valence-corrected chi connectivity index (χ2v) is 11.0. The fraction of sp³-hybridized carbons (Fsp3) is 0.594. The monoisotopic (exact) mass is 541 g/mol. The number of rotatable bonds is 14. The molecule has 1 aliphatic carbocycles. The highest BCUT2D eigenvalue weighted by molar-refractivity contribution is 5.67. The topological polar surface area (TPSA) is 66.5 Å². The molecule has 0 heterocycles. The zero-order valence-corrected chi connectivity index (χ0v) is 25.1. The van der Waals surface area contributed by atoms with E-state index in [1.807, 2.05) is 6.07 Å². The van der Waals surface area contributed by atoms with Crippen LogP contribution < -0.4 is 18.9 Å². The summed E-state index contributed by atoms with van der Waals surface area (Å²) in [5.41, 5.74) is 3.14. The van der Waals surface area contributed by atoms with E-state index in [-0.39, 0.29) is 17.8 Å². The van der Waals surface area contributed by atoms with Crippen molar-refractivity contribution in [2.24, 2.45) is 5.92 Å². The summed E-state index contributed by atoms with van der Waals surface area (Å²) in [6.07, 6.45) is 5.57. The van der Waals surface area contributed by atoms with Crippen LogP contribution in [0.4, 0.5) is 0 Å². The van der Waals surface area contributed by atoms with Crippen LogP contribution in [0.25, 0.3) is 0 Å². The standard InChI is InChI=1S/C32H47NO6/c1-22(2)31-26-21-30(38-8)29(37-7)20-25(26)14-15-32(31,39-23(3)34)16-18-33(4)17-10-9-11-24-12-13-27(35-5)28(19-24)36-6/h12-13,19-22,31H,9-11,14-18H2,1-8H3/t31-,32-/m0/s1. The lowest BCUT2D eigenvalue weighted by atomic mass is 9.65. The quantitative estimate of drug-likeness (QED) is 0.213. The summed E-state index contributed by atoms with van der Waals surface area (Å²) in [6, 6.07) is 10.3. The number of nitrogens with zero attached hydrogens (tertiary/aromatic N) is 1. The van der Waals surface area contributed by atoms with Crippen molar-refractivity contribution < 1.29 is 28.5 Å². The van der Waals surface area contributed by atoms with Gasteiger partial charge in [-0.2, -0.15) is 0 Å². The molecule has 0 radical (unpaired) electrons. The first-order valence-corrected chi connectivity index (χ1v) is 14.0. The van der Waals surface area contributed by atoms with Gasteiger partial charge in [0.1, 0.15) is 5.60 Å². The molecule has 7 nitrogen and oxygen atoms in total. The molecule has 0 saturated carbocycles. The Morgan fingerprint density at radius 1 is 0.923 bits per heavy atom. The summed E-state index contributed by atoms with van der Waals surface area (Å²) in [5, 5.41) is 0. The third-order valence-electron chi connectivity index (χ3n) is 8.00. The highest BCUT2D eigenvalue weighted by atomic mass is 16.6. The van der Waals surface area contributed by atoms with E-state index in [1.54, 1.807) is 28.4 Å². The Hall–Kier alpha value is -2.93. The summed E-state index contributed by atoms with van der Waals surface area (Å²) in [6.45, 7) is 7.80. The van der Waals surface area contributed by atoms with Gasteiger partial charge >= 0.3 is 5.97 Å². The number of esters is 1. The Kier molecular flexibility index (Phi) is 10.9. The fourth-order valence-corrected chi connectivity index (χ4v) is 6.17. The fourth-order valence-electron chi connectivity index (χ4n) is 6.17. The minimum atomic E-state index is -0.555. The third-order valence-corrected chi connectivity index (χ3v) is 8.00. The van der Waals surface area contributed by atoms with E-state index < -0.39 is 5.60 Å². The van der Waals surface area contributed by atoms with Crippen LogP contribution in [0.5, 0.6) is 23.0 Å². The molecule has 2 aromatic rings. The van der Waals surface area contributed by atoms with Gasteiger partial charge in [-0.25, -0.2) is 0 Å². The van der Waals surface area contributed by atoms with Crippen molar-refractivity contribution in [3.05, 3.63) is 47.0 Å². The first kappa shape index (κ1) is 30.6. The van der Waals surface area contributed by atoms with Gasteiger partial charge in [0.15, 0.2) is 23.0 Å². The van der Waals surface area contributed by atoms with Gasteiger partial charge in [0.05, 0.1) is 28.4 Å². The smallest absolute Gasteiger partial charge is 0.303 e. The second-order valence-electron chi connectivity index (χ2n) is 11.0. The van der Waals surface area contributed by atoms with Crippen LogP contribution in [0, 0.1) is 5.92 Å². The summed E-state index contributed by atoms with van der Waals surface area (Å²) >= 11 is 0. The SMILES string of the molecule is COc1ccc(CCCCN(C)CC[C@@]2(OC(C)=O)CCc3cc(OC)c(OC)cc3[C@@H]2C(C)C)cc1OC. The molecule has 216 valence electrons. The van der Waals surface area contributed by atoms with Crippen molar-refractivity contribution in [3.8, 4) is 23.0 Å². The molecule has 2 aromatic carbocycles. The van der Waals surface area contributed by atoms with E-state index in [2.05, 4.69) is 50.1 Å². The van der Waals surface area contributed by atoms with Crippen molar-refractivity contribution in [2.45, 2.75) is 70.8 Å². The zero-order valence-electron chi connectivity index (χ0n) is 25.1. The minimum Gasteiger partial charge on any atom is -0.493 e. The molecule has 0 fully saturated rings. The lowest BCUT2D eigenvalue weighted by Gasteiger charge is -2.47. The van der Waals surface area contributed by atoms with Gasteiger partial charge in [-0.15, -0.1) is 0 Å². The average molecular weight is 542 g/mol. The Morgan fingerprint density at radius 3 is 2.18 bits per heavy atom. The molecule has 0 bridgehead atoms. The Labute approximate surface area is 234 Å². The van der Waals surface area contributed by atoms with Crippen LogP contribution in [0.3, 0.4) is 0 Å². The average Bonchev–Trinajstić information content (AvgIpc) is 2.92. The van der Waals surface area contributed by atoms with Crippen LogP contribution in [0.1, 0.15) is 69.1 Å². The van der Waals surface area contributed by atoms with Gasteiger partial charge in [0.25, 0.3) is 0 Å². The molecule has 39 heavy (non-hydrogen) atoms. The highest BCUT2D eigenvalue weighted by Crippen LogP contribution is 2.50. The maximum atomic E-state index is 12.4. The van der Waals surface area contributed by atoms with Crippen molar-refractivity contribution in [3.63, 3.8) is 0 Å². The molecule has 0 aliphatic heterocycles. The molecule has 0 saturated heterocycles. The molecule has 0 amide bonds. The molecular weight excluding hydrogens is 494 g/mol. The molecule has 3 rings (SSSR count). The van der Waals surface area contributed by atoms with Gasteiger partial charge in [0.2, 0.25) is 0 Å². The lowest BCUT2D eigenvalue weighted by Crippen LogP contribution is -2.48. The normalized spacial score (nSPS) is 18.6. The first-order chi connectivity index (χ1) is 18.7. The summed E-state index contributed by atoms with van der Waals surface area (Å²) in [5.74, 6) is 3.12. The van der Waals surface area contributed by atoms with Gasteiger partial charge in [0, 0.05) is 25.8 Å². The lowest BCUT2D eigenvalue weighted by molar-refractivity contribution is -0.164. The van der Waals surface area contributed by atoms with E-state index in [4.69, 9.17) is 23.7 Å². The summed E-state index contributed by atoms with van der Waals surface area (Å²) in [4.78, 5) is 14.8. The van der Waals surface area contributed by atoms with Gasteiger partial charge in [-0.05, 0) is 92.6 Å². The number of hydrogen-bond donors (Lipinski definition) is 0. The molecule has 2 atom stereocenters. The van der Waals surface area contributed by atoms with E-state index in [0.29, 0.717) is 5.75 Å². The second kappa shape index (κ2) is 13.9. The number of carbonyl (C=O) groups excluding carboxylic acids is 1. The van der Waals surface area contributed by atoms with Crippen molar-refractivity contribution in [1.82, 2.24) is 4.90 Å². The number of carbonyl (C=O) groups is 1. The van der Waals surface area contributed by atoms with Gasteiger partial charge in [-0.3, -0.25) is 4.79 Å². The number of aryl methyl sites for hydroxylation is 2. The van der Waals surface area contributed by atoms with Crippen LogP contribution in [-0.2, 0) is 22.4 Å². The van der Waals surface area contributed by atoms with Crippen molar-refractivity contribution in [1.29, 1.82) is 0 Å². The summed E-state index contributed by atoms with van der Waals surface area (Å²) < 4.78 is 28.2. The number of unbranched alkanes of at least 4 members (excludes halogenated alkanes) is 1. The first-order valence-electron chi connectivity index (χ1n) is 14.0. The maximum absolute atomic E-state index is 12.4. The molecule has 0 unspecified atom stereocenters. The number of hydrogen-bond acceptors (Lipinski definition) is 7. The van der Waals surface area contributed by atoms with E-state index in [0.717, 1.165) is 68.9 Å². The molecule has 0 aromatic heterocycles. The number of fused-ring (bicyclic) bond motifs is 1. The Bertz CT molecular complexity index is 1100.